The summed E-state index contributed by atoms with van der Waals surface area (Å²) in [4.78, 5) is 11.8. The molecule has 0 radical (unpaired) electrons. The highest BCUT2D eigenvalue weighted by Crippen LogP contribution is 2.33. The first-order chi connectivity index (χ1) is 9.96. The van der Waals surface area contributed by atoms with Crippen LogP contribution in [-0.2, 0) is 21.3 Å². The number of hydrogen-bond donors (Lipinski definition) is 0. The van der Waals surface area contributed by atoms with Gasteiger partial charge in [0.2, 0.25) is 0 Å². The number of carbonyl (C=O) groups excluding carboxylic acids is 1. The van der Waals surface area contributed by atoms with Crippen LogP contribution < -0.4 is 4.18 Å². The van der Waals surface area contributed by atoms with E-state index in [0.29, 0.717) is 23.1 Å². The van der Waals surface area contributed by atoms with Crippen LogP contribution in [-0.4, -0.2) is 27.0 Å². The van der Waals surface area contributed by atoms with E-state index in [1.807, 2.05) is 0 Å². The van der Waals surface area contributed by atoms with E-state index < -0.39 is 27.3 Å². The summed E-state index contributed by atoms with van der Waals surface area (Å²) in [7, 11) is -4.84. The highest BCUT2D eigenvalue weighted by atomic mass is 32.2. The molecule has 0 saturated heterocycles. The van der Waals surface area contributed by atoms with E-state index in [2.05, 4.69) is 8.92 Å². The predicted octanol–water partition coefficient (Wildman–Crippen LogP) is 2.88. The Morgan fingerprint density at radius 2 is 1.82 bits per heavy atom. The van der Waals surface area contributed by atoms with Gasteiger partial charge in [-0.3, -0.25) is 0 Å². The zero-order chi connectivity index (χ0) is 17.3. The molecule has 0 aliphatic rings. The molecular weight excluding hydrogens is 325 g/mol. The van der Waals surface area contributed by atoms with Crippen molar-refractivity contribution in [3.05, 3.63) is 28.3 Å². The highest BCUT2D eigenvalue weighted by molar-refractivity contribution is 7.88. The number of hydrogen-bond acceptors (Lipinski definition) is 5. The van der Waals surface area contributed by atoms with Crippen molar-refractivity contribution >= 4 is 16.1 Å². The molecule has 0 aromatic heterocycles. The highest BCUT2D eigenvalue weighted by Gasteiger charge is 2.49. The number of benzene rings is 1. The second kappa shape index (κ2) is 6.15. The number of methoxy groups -OCH3 is 1. The normalized spacial score (nSPS) is 12.1. The first-order valence-electron chi connectivity index (χ1n) is 6.18. The van der Waals surface area contributed by atoms with Gasteiger partial charge in [0.05, 0.1) is 7.11 Å². The fourth-order valence-corrected chi connectivity index (χ4v) is 2.58. The minimum Gasteiger partial charge on any atom is -0.465 e. The van der Waals surface area contributed by atoms with Crippen molar-refractivity contribution in [1.29, 1.82) is 0 Å². The molecule has 5 nitrogen and oxygen atoms in total. The Bertz CT molecular complexity index is 693. The lowest BCUT2D eigenvalue weighted by atomic mass is 9.95. The summed E-state index contributed by atoms with van der Waals surface area (Å²) in [6.07, 6.45) is 0.508. The largest absolute Gasteiger partial charge is 0.534 e. The molecule has 0 aliphatic carbocycles. The maximum Gasteiger partial charge on any atom is 0.534 e. The number of esters is 1. The zero-order valence-electron chi connectivity index (χ0n) is 12.4. The van der Waals surface area contributed by atoms with Gasteiger partial charge in [-0.25, -0.2) is 4.79 Å². The van der Waals surface area contributed by atoms with Gasteiger partial charge in [0, 0.05) is 0 Å². The zero-order valence-corrected chi connectivity index (χ0v) is 13.2. The fraction of sp³-hybridized carbons (Fsp3) is 0.462. The van der Waals surface area contributed by atoms with Crippen LogP contribution in [0.3, 0.4) is 0 Å². The van der Waals surface area contributed by atoms with Crippen molar-refractivity contribution in [1.82, 2.24) is 0 Å². The molecule has 22 heavy (non-hydrogen) atoms. The Kier molecular flexibility index (Phi) is 5.11. The SMILES string of the molecule is CCc1c(C)cc(OS(=O)(=O)C(F)(F)F)c(C(=O)OC)c1C. The van der Waals surface area contributed by atoms with Crippen molar-refractivity contribution in [2.24, 2.45) is 0 Å². The van der Waals surface area contributed by atoms with Crippen LogP contribution >= 0.6 is 0 Å². The molecule has 9 heteroatoms. The van der Waals surface area contributed by atoms with Gasteiger partial charge in [-0.2, -0.15) is 21.6 Å². The van der Waals surface area contributed by atoms with Gasteiger partial charge in [-0.05, 0) is 43.0 Å². The Morgan fingerprint density at radius 1 is 1.27 bits per heavy atom. The van der Waals surface area contributed by atoms with Gasteiger partial charge in [-0.15, -0.1) is 0 Å². The van der Waals surface area contributed by atoms with Crippen molar-refractivity contribution in [3.8, 4) is 5.75 Å². The third-order valence-corrected chi connectivity index (χ3v) is 4.09. The molecule has 0 heterocycles. The van der Waals surface area contributed by atoms with E-state index >= 15 is 0 Å². The van der Waals surface area contributed by atoms with Gasteiger partial charge in [-0.1, -0.05) is 6.92 Å². The number of alkyl halides is 3. The smallest absolute Gasteiger partial charge is 0.465 e. The summed E-state index contributed by atoms with van der Waals surface area (Å²) in [5.74, 6) is -1.67. The number of carbonyl (C=O) groups is 1. The lowest BCUT2D eigenvalue weighted by molar-refractivity contribution is -0.0500. The molecule has 0 aliphatic heterocycles. The summed E-state index contributed by atoms with van der Waals surface area (Å²) in [5.41, 5.74) is -4.39. The maximum atomic E-state index is 12.5. The Morgan fingerprint density at radius 3 is 2.23 bits per heavy atom. The summed E-state index contributed by atoms with van der Waals surface area (Å²) in [6.45, 7) is 4.87. The van der Waals surface area contributed by atoms with E-state index in [0.717, 1.165) is 13.2 Å². The van der Waals surface area contributed by atoms with E-state index in [4.69, 9.17) is 0 Å². The Hall–Kier alpha value is -1.77. The van der Waals surface area contributed by atoms with Crippen LogP contribution in [0.4, 0.5) is 13.2 Å². The summed E-state index contributed by atoms with van der Waals surface area (Å²) < 4.78 is 68.3. The van der Waals surface area contributed by atoms with Gasteiger partial charge in [0.25, 0.3) is 0 Å². The molecular formula is C13H15F3O5S. The van der Waals surface area contributed by atoms with Gasteiger partial charge in [0.15, 0.2) is 5.75 Å². The van der Waals surface area contributed by atoms with Crippen LogP contribution in [0.5, 0.6) is 5.75 Å². The summed E-state index contributed by atoms with van der Waals surface area (Å²) in [6, 6.07) is 1.08. The Labute approximate surface area is 126 Å². The van der Waals surface area contributed by atoms with E-state index in [9.17, 15) is 26.4 Å². The molecule has 0 amide bonds. The van der Waals surface area contributed by atoms with Crippen molar-refractivity contribution in [3.63, 3.8) is 0 Å². The second-order valence-electron chi connectivity index (χ2n) is 4.50. The van der Waals surface area contributed by atoms with Crippen LogP contribution in [0, 0.1) is 13.8 Å². The van der Waals surface area contributed by atoms with Gasteiger partial charge in [0.1, 0.15) is 5.56 Å². The van der Waals surface area contributed by atoms with Crippen LogP contribution in [0.15, 0.2) is 6.07 Å². The standard InChI is InChI=1S/C13H15F3O5S/c1-5-9-7(2)6-10(11(8(9)3)12(17)20-4)21-22(18,19)13(14,15)16/h6H,5H2,1-4H3. The van der Waals surface area contributed by atoms with E-state index in [-0.39, 0.29) is 5.56 Å². The average molecular weight is 340 g/mol. The Balaban J connectivity index is 3.58. The number of aryl methyl sites for hydroxylation is 1. The lowest BCUT2D eigenvalue weighted by Gasteiger charge is -2.17. The summed E-state index contributed by atoms with van der Waals surface area (Å²) >= 11 is 0. The molecule has 1 aromatic rings. The summed E-state index contributed by atoms with van der Waals surface area (Å²) in [5, 5.41) is 0. The number of rotatable bonds is 4. The fourth-order valence-electron chi connectivity index (χ4n) is 2.12. The molecule has 0 saturated carbocycles. The predicted molar refractivity (Wildman–Crippen MR) is 72.2 cm³/mol. The monoisotopic (exact) mass is 340 g/mol. The maximum absolute atomic E-state index is 12.5. The van der Waals surface area contributed by atoms with Crippen LogP contribution in [0.25, 0.3) is 0 Å². The van der Waals surface area contributed by atoms with Crippen molar-refractivity contribution < 1.29 is 35.3 Å². The molecule has 0 N–H and O–H groups in total. The molecule has 124 valence electrons. The lowest BCUT2D eigenvalue weighted by Crippen LogP contribution is -2.29. The van der Waals surface area contributed by atoms with Gasteiger partial charge >= 0.3 is 21.6 Å². The molecule has 0 atom stereocenters. The van der Waals surface area contributed by atoms with Crippen LogP contribution in [0.1, 0.15) is 34.0 Å². The van der Waals surface area contributed by atoms with Gasteiger partial charge < -0.3 is 8.92 Å². The quantitative estimate of drug-likeness (QED) is 0.479. The molecule has 1 rings (SSSR count). The van der Waals surface area contributed by atoms with Crippen LogP contribution in [0.2, 0.25) is 0 Å². The average Bonchev–Trinajstić information content (AvgIpc) is 2.36. The van der Waals surface area contributed by atoms with E-state index in [1.54, 1.807) is 13.8 Å². The first-order valence-corrected chi connectivity index (χ1v) is 7.59. The minimum atomic E-state index is -5.88. The third kappa shape index (κ3) is 3.34. The minimum absolute atomic E-state index is 0.321. The molecule has 0 spiro atoms. The van der Waals surface area contributed by atoms with E-state index in [1.165, 1.54) is 6.92 Å². The molecule has 0 unspecified atom stereocenters. The van der Waals surface area contributed by atoms with Crippen molar-refractivity contribution in [2.45, 2.75) is 32.7 Å². The molecule has 1 aromatic carbocycles. The molecule has 0 fully saturated rings. The second-order valence-corrected chi connectivity index (χ2v) is 6.04. The molecule has 0 bridgehead atoms. The third-order valence-electron chi connectivity index (χ3n) is 3.12. The first kappa shape index (κ1) is 18.3. The van der Waals surface area contributed by atoms with Crippen molar-refractivity contribution in [2.75, 3.05) is 7.11 Å². The topological polar surface area (TPSA) is 69.7 Å². The number of halogens is 3. The number of ether oxygens (including phenoxy) is 1.